The summed E-state index contributed by atoms with van der Waals surface area (Å²) >= 11 is 0. The van der Waals surface area contributed by atoms with Crippen molar-refractivity contribution in [2.24, 2.45) is 5.16 Å². The number of ketones is 2. The van der Waals surface area contributed by atoms with Crippen molar-refractivity contribution in [3.63, 3.8) is 0 Å². The number of Topliss-reactive ketones (excluding diaryl/α,β-unsaturated/α-hetero) is 2. The topological polar surface area (TPSA) is 107 Å². The third-order valence-corrected chi connectivity index (χ3v) is 3.34. The van der Waals surface area contributed by atoms with Crippen LogP contribution < -0.4 is 0 Å². The van der Waals surface area contributed by atoms with Crippen LogP contribution in [0.5, 0.6) is 0 Å². The number of hydrogen-bond acceptors (Lipinski definition) is 6. The predicted molar refractivity (Wildman–Crippen MR) is 66.2 cm³/mol. The molecule has 2 aliphatic rings. The molecule has 6 heteroatoms. The van der Waals surface area contributed by atoms with E-state index >= 15 is 0 Å². The summed E-state index contributed by atoms with van der Waals surface area (Å²) in [6, 6.07) is 0. The van der Waals surface area contributed by atoms with Gasteiger partial charge in [0.25, 0.3) is 0 Å². The Kier molecular flexibility index (Phi) is 3.69. The fourth-order valence-corrected chi connectivity index (χ4v) is 2.42. The fourth-order valence-electron chi connectivity index (χ4n) is 2.42. The monoisotopic (exact) mass is 265 g/mol. The van der Waals surface area contributed by atoms with E-state index in [-0.39, 0.29) is 52.8 Å². The summed E-state index contributed by atoms with van der Waals surface area (Å²) in [4.78, 5) is 23.7. The molecular formula is C13H15NO5. The van der Waals surface area contributed by atoms with E-state index in [4.69, 9.17) is 5.21 Å². The molecule has 0 aromatic heterocycles. The molecule has 0 heterocycles. The Morgan fingerprint density at radius 2 is 1.26 bits per heavy atom. The van der Waals surface area contributed by atoms with Gasteiger partial charge in [-0.05, 0) is 12.8 Å². The number of oxime groups is 1. The second-order valence-electron chi connectivity index (χ2n) is 4.65. The van der Waals surface area contributed by atoms with Crippen molar-refractivity contribution >= 4 is 17.3 Å². The van der Waals surface area contributed by atoms with E-state index in [1.54, 1.807) is 0 Å². The van der Waals surface area contributed by atoms with E-state index in [0.29, 0.717) is 25.7 Å². The van der Waals surface area contributed by atoms with Gasteiger partial charge in [0.2, 0.25) is 0 Å². The third kappa shape index (κ3) is 2.38. The van der Waals surface area contributed by atoms with Gasteiger partial charge in [0, 0.05) is 25.7 Å². The molecule has 0 bridgehead atoms. The molecule has 0 fully saturated rings. The van der Waals surface area contributed by atoms with Crippen LogP contribution in [0, 0.1) is 0 Å². The molecule has 0 aliphatic heterocycles. The lowest BCUT2D eigenvalue weighted by molar-refractivity contribution is -0.116. The molecule has 0 radical (unpaired) electrons. The van der Waals surface area contributed by atoms with Gasteiger partial charge in [-0.15, -0.1) is 0 Å². The van der Waals surface area contributed by atoms with Crippen LogP contribution in [0.3, 0.4) is 0 Å². The van der Waals surface area contributed by atoms with E-state index in [1.807, 2.05) is 0 Å². The zero-order chi connectivity index (χ0) is 14.0. The molecule has 0 unspecified atom stereocenters. The lowest BCUT2D eigenvalue weighted by Crippen LogP contribution is -2.27. The van der Waals surface area contributed by atoms with E-state index < -0.39 is 0 Å². The van der Waals surface area contributed by atoms with E-state index in [2.05, 4.69) is 5.16 Å². The first-order valence-electron chi connectivity index (χ1n) is 6.19. The van der Waals surface area contributed by atoms with Gasteiger partial charge in [0.05, 0.1) is 11.1 Å². The zero-order valence-corrected chi connectivity index (χ0v) is 10.3. The van der Waals surface area contributed by atoms with Gasteiger partial charge in [0.1, 0.15) is 17.2 Å². The van der Waals surface area contributed by atoms with Gasteiger partial charge in [-0.25, -0.2) is 0 Å². The molecule has 0 saturated heterocycles. The molecule has 102 valence electrons. The van der Waals surface area contributed by atoms with Crippen molar-refractivity contribution in [2.45, 2.75) is 38.5 Å². The maximum Gasteiger partial charge on any atom is 0.168 e. The first-order valence-corrected chi connectivity index (χ1v) is 6.19. The van der Waals surface area contributed by atoms with Crippen molar-refractivity contribution in [3.8, 4) is 0 Å². The summed E-state index contributed by atoms with van der Waals surface area (Å²) < 4.78 is 0. The SMILES string of the molecule is O=C1CCCC(O)=C1C(=NO)C1=C(O)CCCC1=O. The first-order chi connectivity index (χ1) is 9.06. The predicted octanol–water partition coefficient (Wildman–Crippen LogP) is 1.95. The highest BCUT2D eigenvalue weighted by Crippen LogP contribution is 2.28. The highest BCUT2D eigenvalue weighted by atomic mass is 16.4. The van der Waals surface area contributed by atoms with Crippen molar-refractivity contribution in [1.82, 2.24) is 0 Å². The number of carbonyl (C=O) groups excluding carboxylic acids is 2. The molecule has 2 rings (SSSR count). The van der Waals surface area contributed by atoms with Crippen LogP contribution in [0.15, 0.2) is 27.8 Å². The molecule has 0 saturated carbocycles. The van der Waals surface area contributed by atoms with Crippen molar-refractivity contribution in [3.05, 3.63) is 22.7 Å². The average Bonchev–Trinajstić information content (AvgIpc) is 2.36. The van der Waals surface area contributed by atoms with Gasteiger partial charge < -0.3 is 15.4 Å². The zero-order valence-electron chi connectivity index (χ0n) is 10.3. The van der Waals surface area contributed by atoms with Gasteiger partial charge in [-0.1, -0.05) is 5.16 Å². The number of allylic oxidation sites excluding steroid dienone is 4. The largest absolute Gasteiger partial charge is 0.511 e. The highest BCUT2D eigenvalue weighted by Gasteiger charge is 2.33. The summed E-state index contributed by atoms with van der Waals surface area (Å²) in [6.07, 6.45) is 2.07. The van der Waals surface area contributed by atoms with Crippen LogP contribution in [0.25, 0.3) is 0 Å². The smallest absolute Gasteiger partial charge is 0.168 e. The van der Waals surface area contributed by atoms with Crippen LogP contribution in [0.2, 0.25) is 0 Å². The Morgan fingerprint density at radius 1 is 0.842 bits per heavy atom. The molecule has 6 nitrogen and oxygen atoms in total. The lowest BCUT2D eigenvalue weighted by Gasteiger charge is -2.20. The maximum atomic E-state index is 11.8. The van der Waals surface area contributed by atoms with E-state index in [9.17, 15) is 19.8 Å². The first kappa shape index (κ1) is 13.3. The molecule has 0 aromatic carbocycles. The van der Waals surface area contributed by atoms with Crippen molar-refractivity contribution < 1.29 is 25.0 Å². The average molecular weight is 265 g/mol. The number of nitrogens with zero attached hydrogens (tertiary/aromatic N) is 1. The van der Waals surface area contributed by atoms with Gasteiger partial charge in [-0.3, -0.25) is 9.59 Å². The Balaban J connectivity index is 2.52. The minimum Gasteiger partial charge on any atom is -0.511 e. The van der Waals surface area contributed by atoms with Crippen LogP contribution in [0.4, 0.5) is 0 Å². The number of hydrogen-bond donors (Lipinski definition) is 3. The lowest BCUT2D eigenvalue weighted by atomic mass is 9.84. The molecule has 0 atom stereocenters. The van der Waals surface area contributed by atoms with Gasteiger partial charge in [0.15, 0.2) is 11.6 Å². The number of carbonyl (C=O) groups is 2. The summed E-state index contributed by atoms with van der Waals surface area (Å²) in [5.74, 6) is -1.14. The Bertz CT molecular complexity index is 483. The van der Waals surface area contributed by atoms with Crippen LogP contribution in [-0.2, 0) is 9.59 Å². The highest BCUT2D eigenvalue weighted by molar-refractivity contribution is 6.37. The summed E-state index contributed by atoms with van der Waals surface area (Å²) in [5, 5.41) is 31.7. The molecule has 0 amide bonds. The summed E-state index contributed by atoms with van der Waals surface area (Å²) in [5.41, 5.74) is -0.597. The Labute approximate surface area is 109 Å². The van der Waals surface area contributed by atoms with Crippen LogP contribution in [0.1, 0.15) is 38.5 Å². The molecule has 0 spiro atoms. The van der Waals surface area contributed by atoms with Gasteiger partial charge >= 0.3 is 0 Å². The van der Waals surface area contributed by atoms with E-state index in [0.717, 1.165) is 0 Å². The van der Waals surface area contributed by atoms with Crippen molar-refractivity contribution in [2.75, 3.05) is 0 Å². The quantitative estimate of drug-likeness (QED) is 0.402. The minimum absolute atomic E-state index is 0.148. The van der Waals surface area contributed by atoms with Crippen LogP contribution in [-0.4, -0.2) is 32.7 Å². The summed E-state index contributed by atoms with van der Waals surface area (Å²) in [6.45, 7) is 0. The fraction of sp³-hybridized carbons (Fsp3) is 0.462. The third-order valence-electron chi connectivity index (χ3n) is 3.34. The Hall–Kier alpha value is -2.11. The normalized spacial score (nSPS) is 20.8. The van der Waals surface area contributed by atoms with E-state index in [1.165, 1.54) is 0 Å². The second-order valence-corrected chi connectivity index (χ2v) is 4.65. The number of aliphatic hydroxyl groups excluding tert-OH is 2. The minimum atomic E-state index is -0.379. The maximum absolute atomic E-state index is 11.8. The number of rotatable bonds is 2. The molecule has 19 heavy (non-hydrogen) atoms. The second kappa shape index (κ2) is 5.26. The Morgan fingerprint density at radius 3 is 1.58 bits per heavy atom. The molecule has 3 N–H and O–H groups in total. The molecule has 0 aromatic rings. The van der Waals surface area contributed by atoms with Gasteiger partial charge in [-0.2, -0.15) is 0 Å². The standard InChI is InChI=1S/C13H15NO5/c15-7-3-1-4-8(16)11(7)13(14-19)12-9(17)5-2-6-10(12)18/h15,17,19H,1-6H2. The van der Waals surface area contributed by atoms with Crippen molar-refractivity contribution in [1.29, 1.82) is 0 Å². The molecular weight excluding hydrogens is 250 g/mol. The van der Waals surface area contributed by atoms with Crippen LogP contribution >= 0.6 is 0 Å². The molecule has 2 aliphatic carbocycles. The number of aliphatic hydroxyl groups is 2. The summed E-state index contributed by atoms with van der Waals surface area (Å²) in [7, 11) is 0.